The van der Waals surface area contributed by atoms with E-state index in [-0.39, 0.29) is 0 Å². The highest BCUT2D eigenvalue weighted by Crippen LogP contribution is 2.37. The number of hydrogen-bond acceptors (Lipinski definition) is 2. The first kappa shape index (κ1) is 12.5. The van der Waals surface area contributed by atoms with Gasteiger partial charge in [0.05, 0.1) is 5.69 Å². The molecule has 3 N–H and O–H groups in total. The van der Waals surface area contributed by atoms with Gasteiger partial charge in [-0.15, -0.1) is 0 Å². The smallest absolute Gasteiger partial charge is 0.0569 e. The fourth-order valence-corrected chi connectivity index (χ4v) is 2.45. The molecule has 0 aromatic heterocycles. The van der Waals surface area contributed by atoms with E-state index in [2.05, 4.69) is 35.8 Å². The van der Waals surface area contributed by atoms with Crippen molar-refractivity contribution in [3.63, 3.8) is 0 Å². The van der Waals surface area contributed by atoms with Crippen molar-refractivity contribution in [3.8, 4) is 22.3 Å². The van der Waals surface area contributed by atoms with Crippen molar-refractivity contribution in [1.29, 1.82) is 0 Å². The number of nitrogens with two attached hydrogens (primary N) is 1. The second-order valence-corrected chi connectivity index (χ2v) is 4.60. The maximum absolute atomic E-state index is 5.68. The zero-order valence-electron chi connectivity index (χ0n) is 11.1. The minimum Gasteiger partial charge on any atom is -0.323 e. The summed E-state index contributed by atoms with van der Waals surface area (Å²) in [5.41, 5.74) is 8.37. The first-order chi connectivity index (χ1) is 9.90. The largest absolute Gasteiger partial charge is 0.323 e. The number of anilines is 1. The second-order valence-electron chi connectivity index (χ2n) is 4.60. The molecule has 2 nitrogen and oxygen atoms in total. The van der Waals surface area contributed by atoms with Crippen LogP contribution in [-0.4, -0.2) is 0 Å². The molecule has 0 saturated carbocycles. The standard InChI is InChI=1S/C18H16N2/c19-20-17-13-7-12-16(14-8-3-1-4-9-14)18(17)15-10-5-2-6-11-15/h1-13,20H,19H2. The molecule has 0 spiro atoms. The van der Waals surface area contributed by atoms with Crippen LogP contribution in [0, 0.1) is 0 Å². The Hall–Kier alpha value is -2.58. The quantitative estimate of drug-likeness (QED) is 0.544. The Morgan fingerprint density at radius 2 is 1.20 bits per heavy atom. The average Bonchev–Trinajstić information content (AvgIpc) is 2.55. The summed E-state index contributed by atoms with van der Waals surface area (Å²) in [7, 11) is 0. The van der Waals surface area contributed by atoms with E-state index in [9.17, 15) is 0 Å². The van der Waals surface area contributed by atoms with Crippen molar-refractivity contribution in [2.45, 2.75) is 0 Å². The van der Waals surface area contributed by atoms with E-state index < -0.39 is 0 Å². The third kappa shape index (κ3) is 2.29. The Labute approximate surface area is 118 Å². The molecule has 0 heterocycles. The molecule has 0 bridgehead atoms. The molecular weight excluding hydrogens is 244 g/mol. The Morgan fingerprint density at radius 1 is 0.600 bits per heavy atom. The van der Waals surface area contributed by atoms with Gasteiger partial charge in [-0.25, -0.2) is 0 Å². The molecule has 0 aliphatic heterocycles. The van der Waals surface area contributed by atoms with Crippen LogP contribution in [0.2, 0.25) is 0 Å². The summed E-state index contributed by atoms with van der Waals surface area (Å²) in [6, 6.07) is 26.8. The van der Waals surface area contributed by atoms with Gasteiger partial charge in [-0.05, 0) is 22.8 Å². The van der Waals surface area contributed by atoms with Crippen molar-refractivity contribution in [3.05, 3.63) is 78.9 Å². The molecule has 0 aliphatic rings. The first-order valence-electron chi connectivity index (χ1n) is 6.60. The normalized spacial score (nSPS) is 10.2. The van der Waals surface area contributed by atoms with Crippen LogP contribution in [0.3, 0.4) is 0 Å². The van der Waals surface area contributed by atoms with Crippen LogP contribution in [0.15, 0.2) is 78.9 Å². The van der Waals surface area contributed by atoms with E-state index in [0.29, 0.717) is 0 Å². The molecule has 0 amide bonds. The number of nitrogen functional groups attached to an aromatic ring is 1. The topological polar surface area (TPSA) is 38.0 Å². The summed E-state index contributed by atoms with van der Waals surface area (Å²) in [5.74, 6) is 5.68. The average molecular weight is 260 g/mol. The zero-order chi connectivity index (χ0) is 13.8. The molecule has 3 rings (SSSR count). The predicted octanol–water partition coefficient (Wildman–Crippen LogP) is 4.31. The zero-order valence-corrected chi connectivity index (χ0v) is 11.1. The fraction of sp³-hybridized carbons (Fsp3) is 0. The summed E-state index contributed by atoms with van der Waals surface area (Å²) in [6.07, 6.45) is 0. The third-order valence-corrected chi connectivity index (χ3v) is 3.37. The molecule has 0 aliphatic carbocycles. The molecule has 98 valence electrons. The molecule has 0 radical (unpaired) electrons. The molecule has 0 saturated heterocycles. The maximum atomic E-state index is 5.68. The van der Waals surface area contributed by atoms with Crippen LogP contribution in [-0.2, 0) is 0 Å². The van der Waals surface area contributed by atoms with Gasteiger partial charge in [0.1, 0.15) is 0 Å². The SMILES string of the molecule is NNc1cccc(-c2ccccc2)c1-c1ccccc1. The molecule has 2 heteroatoms. The first-order valence-corrected chi connectivity index (χ1v) is 6.60. The van der Waals surface area contributed by atoms with Crippen LogP contribution in [0.5, 0.6) is 0 Å². The summed E-state index contributed by atoms with van der Waals surface area (Å²) in [6.45, 7) is 0. The summed E-state index contributed by atoms with van der Waals surface area (Å²) in [5, 5.41) is 0. The number of rotatable bonds is 3. The summed E-state index contributed by atoms with van der Waals surface area (Å²) in [4.78, 5) is 0. The Balaban J connectivity index is 2.26. The van der Waals surface area contributed by atoms with Crippen LogP contribution < -0.4 is 11.3 Å². The van der Waals surface area contributed by atoms with Gasteiger partial charge in [0.15, 0.2) is 0 Å². The van der Waals surface area contributed by atoms with Crippen molar-refractivity contribution in [2.75, 3.05) is 5.43 Å². The van der Waals surface area contributed by atoms with Gasteiger partial charge in [-0.1, -0.05) is 72.8 Å². The lowest BCUT2D eigenvalue weighted by Crippen LogP contribution is -2.08. The number of hydrazine groups is 1. The van der Waals surface area contributed by atoms with E-state index in [0.717, 1.165) is 16.8 Å². The number of benzene rings is 3. The van der Waals surface area contributed by atoms with Crippen LogP contribution in [0.4, 0.5) is 5.69 Å². The molecule has 0 fully saturated rings. The lowest BCUT2D eigenvalue weighted by Gasteiger charge is -2.15. The molecule has 3 aromatic carbocycles. The summed E-state index contributed by atoms with van der Waals surface area (Å²) >= 11 is 0. The van der Waals surface area contributed by atoms with Gasteiger partial charge in [0.2, 0.25) is 0 Å². The van der Waals surface area contributed by atoms with Crippen LogP contribution >= 0.6 is 0 Å². The van der Waals surface area contributed by atoms with Gasteiger partial charge in [0, 0.05) is 5.56 Å². The van der Waals surface area contributed by atoms with Gasteiger partial charge < -0.3 is 5.43 Å². The van der Waals surface area contributed by atoms with Crippen LogP contribution in [0.25, 0.3) is 22.3 Å². The van der Waals surface area contributed by atoms with E-state index in [4.69, 9.17) is 5.84 Å². The molecular formula is C18H16N2. The highest BCUT2D eigenvalue weighted by atomic mass is 15.2. The van der Waals surface area contributed by atoms with Crippen molar-refractivity contribution in [2.24, 2.45) is 5.84 Å². The van der Waals surface area contributed by atoms with Gasteiger partial charge in [-0.2, -0.15) is 0 Å². The Kier molecular flexibility index (Phi) is 3.48. The third-order valence-electron chi connectivity index (χ3n) is 3.37. The maximum Gasteiger partial charge on any atom is 0.0569 e. The van der Waals surface area contributed by atoms with Gasteiger partial charge in [0.25, 0.3) is 0 Å². The lowest BCUT2D eigenvalue weighted by atomic mass is 9.93. The lowest BCUT2D eigenvalue weighted by molar-refractivity contribution is 1.35. The Morgan fingerprint density at radius 3 is 1.80 bits per heavy atom. The molecule has 3 aromatic rings. The Bertz CT molecular complexity index is 691. The number of hydrogen-bond donors (Lipinski definition) is 2. The van der Waals surface area contributed by atoms with E-state index in [1.807, 2.05) is 48.5 Å². The highest BCUT2D eigenvalue weighted by Gasteiger charge is 2.11. The molecule has 0 unspecified atom stereocenters. The van der Waals surface area contributed by atoms with Gasteiger partial charge in [-0.3, -0.25) is 5.84 Å². The van der Waals surface area contributed by atoms with E-state index in [1.54, 1.807) is 0 Å². The minimum atomic E-state index is 0.928. The van der Waals surface area contributed by atoms with Gasteiger partial charge >= 0.3 is 0 Å². The monoisotopic (exact) mass is 260 g/mol. The summed E-state index contributed by atoms with van der Waals surface area (Å²) < 4.78 is 0. The van der Waals surface area contributed by atoms with E-state index in [1.165, 1.54) is 11.1 Å². The second kappa shape index (κ2) is 5.59. The highest BCUT2D eigenvalue weighted by molar-refractivity contribution is 5.91. The van der Waals surface area contributed by atoms with Crippen molar-refractivity contribution in [1.82, 2.24) is 0 Å². The number of nitrogens with one attached hydrogen (secondary N) is 1. The van der Waals surface area contributed by atoms with Crippen molar-refractivity contribution >= 4 is 5.69 Å². The van der Waals surface area contributed by atoms with Crippen molar-refractivity contribution < 1.29 is 0 Å². The molecule has 0 atom stereocenters. The molecule has 20 heavy (non-hydrogen) atoms. The minimum absolute atomic E-state index is 0.928. The fourth-order valence-electron chi connectivity index (χ4n) is 2.45. The predicted molar refractivity (Wildman–Crippen MR) is 85.1 cm³/mol. The van der Waals surface area contributed by atoms with E-state index >= 15 is 0 Å². The van der Waals surface area contributed by atoms with Crippen LogP contribution in [0.1, 0.15) is 0 Å².